The summed E-state index contributed by atoms with van der Waals surface area (Å²) >= 11 is 0. The van der Waals surface area contributed by atoms with Gasteiger partial charge in [-0.3, -0.25) is 9.20 Å². The second-order valence-corrected chi connectivity index (χ2v) is 10.4. The highest BCUT2D eigenvalue weighted by molar-refractivity contribution is 5.95. The van der Waals surface area contributed by atoms with E-state index in [-0.39, 0.29) is 18.0 Å². The van der Waals surface area contributed by atoms with Gasteiger partial charge in [-0.05, 0) is 68.5 Å². The van der Waals surface area contributed by atoms with Crippen LogP contribution in [-0.4, -0.2) is 51.6 Å². The highest BCUT2D eigenvalue weighted by Gasteiger charge is 2.36. The number of ether oxygens (including phenoxy) is 1. The average molecular weight is 562 g/mol. The predicted octanol–water partition coefficient (Wildman–Crippen LogP) is 6.00. The van der Waals surface area contributed by atoms with E-state index in [2.05, 4.69) is 11.2 Å². The van der Waals surface area contributed by atoms with Gasteiger partial charge in [-0.25, -0.2) is 18.6 Å². The first-order valence-electron chi connectivity index (χ1n) is 13.5. The van der Waals surface area contributed by atoms with Gasteiger partial charge < -0.3 is 19.1 Å². The summed E-state index contributed by atoms with van der Waals surface area (Å²) in [7, 11) is 1.35. The summed E-state index contributed by atoms with van der Waals surface area (Å²) in [6.45, 7) is 4.54. The van der Waals surface area contributed by atoms with E-state index in [0.717, 1.165) is 40.2 Å². The number of halogens is 2. The molecule has 1 saturated heterocycles. The normalized spacial score (nSPS) is 17.7. The lowest BCUT2D eigenvalue weighted by molar-refractivity contribution is -0.120. The minimum atomic E-state index is -1.03. The third-order valence-corrected chi connectivity index (χ3v) is 7.81. The molecule has 3 aromatic heterocycles. The number of fused-ring (bicyclic) bond motifs is 1. The minimum absolute atomic E-state index is 0.194. The Morgan fingerprint density at radius 3 is 2.71 bits per heavy atom. The van der Waals surface area contributed by atoms with E-state index in [0.29, 0.717) is 49.5 Å². The van der Waals surface area contributed by atoms with E-state index in [9.17, 15) is 18.4 Å². The SMILES string of the molecule is COC(=O)N1CCC=C(c2c([C@@H]3CCCC(=O)N3c3ccc(F)c(F)c3)nc3cc(-c4c(C)noc4C)ccn23)C1. The monoisotopic (exact) mass is 561 g/mol. The largest absolute Gasteiger partial charge is 0.453 e. The first kappa shape index (κ1) is 26.7. The van der Waals surface area contributed by atoms with E-state index in [4.69, 9.17) is 14.2 Å². The number of hydrogen-bond acceptors (Lipinski definition) is 6. The average Bonchev–Trinajstić information content (AvgIpc) is 3.52. The number of piperidine rings is 1. The molecule has 9 nitrogen and oxygen atoms in total. The van der Waals surface area contributed by atoms with Gasteiger partial charge in [0, 0.05) is 36.5 Å². The van der Waals surface area contributed by atoms with Crippen LogP contribution in [0.25, 0.3) is 22.3 Å². The van der Waals surface area contributed by atoms with Crippen molar-refractivity contribution in [3.63, 3.8) is 0 Å². The molecule has 0 radical (unpaired) electrons. The molecule has 4 aromatic rings. The highest BCUT2D eigenvalue weighted by Crippen LogP contribution is 2.40. The van der Waals surface area contributed by atoms with Crippen LogP contribution in [0.5, 0.6) is 0 Å². The minimum Gasteiger partial charge on any atom is -0.453 e. The molecule has 6 rings (SSSR count). The van der Waals surface area contributed by atoms with Gasteiger partial charge in [-0.15, -0.1) is 0 Å². The van der Waals surface area contributed by atoms with Gasteiger partial charge in [-0.2, -0.15) is 0 Å². The maximum Gasteiger partial charge on any atom is 0.409 e. The first-order valence-corrected chi connectivity index (χ1v) is 13.5. The Hall–Kier alpha value is -4.54. The fourth-order valence-corrected chi connectivity index (χ4v) is 5.95. The number of benzene rings is 1. The van der Waals surface area contributed by atoms with Crippen LogP contribution in [0.15, 0.2) is 47.1 Å². The molecule has 11 heteroatoms. The molecule has 0 spiro atoms. The van der Waals surface area contributed by atoms with Crippen molar-refractivity contribution in [2.24, 2.45) is 0 Å². The topological polar surface area (TPSA) is 93.2 Å². The van der Waals surface area contributed by atoms with Crippen molar-refractivity contribution in [1.29, 1.82) is 0 Å². The van der Waals surface area contributed by atoms with Gasteiger partial charge in [-0.1, -0.05) is 11.2 Å². The maximum absolute atomic E-state index is 14.3. The van der Waals surface area contributed by atoms with Crippen LogP contribution in [0.4, 0.5) is 19.3 Å². The number of carbonyl (C=O) groups is 2. The molecule has 1 aromatic carbocycles. The Kier molecular flexibility index (Phi) is 6.80. The van der Waals surface area contributed by atoms with E-state index in [1.165, 1.54) is 18.1 Å². The molecule has 2 aliphatic heterocycles. The molecular weight excluding hydrogens is 532 g/mol. The zero-order valence-corrected chi connectivity index (χ0v) is 23.0. The number of anilines is 1. The molecule has 41 heavy (non-hydrogen) atoms. The number of carbonyl (C=O) groups excluding carboxylic acids is 2. The van der Waals surface area contributed by atoms with Crippen LogP contribution < -0.4 is 4.90 Å². The van der Waals surface area contributed by atoms with Crippen molar-refractivity contribution in [3.05, 3.63) is 77.1 Å². The quantitative estimate of drug-likeness (QED) is 0.304. The molecule has 0 bridgehead atoms. The van der Waals surface area contributed by atoms with Crippen molar-refractivity contribution in [2.75, 3.05) is 25.1 Å². The number of rotatable bonds is 4. The Balaban J connectivity index is 1.54. The summed E-state index contributed by atoms with van der Waals surface area (Å²) in [5.74, 6) is -1.52. The Bertz CT molecular complexity index is 1690. The number of hydrogen-bond donors (Lipinski definition) is 0. The lowest BCUT2D eigenvalue weighted by atomic mass is 9.94. The summed E-state index contributed by atoms with van der Waals surface area (Å²) < 4.78 is 40.5. The second-order valence-electron chi connectivity index (χ2n) is 10.4. The van der Waals surface area contributed by atoms with Crippen LogP contribution in [0.3, 0.4) is 0 Å². The van der Waals surface area contributed by atoms with Crippen molar-refractivity contribution >= 4 is 28.9 Å². The zero-order valence-electron chi connectivity index (χ0n) is 23.0. The van der Waals surface area contributed by atoms with Crippen LogP contribution in [0.1, 0.15) is 54.6 Å². The van der Waals surface area contributed by atoms with Crippen molar-refractivity contribution in [1.82, 2.24) is 19.4 Å². The highest BCUT2D eigenvalue weighted by atomic mass is 19.2. The molecular formula is C30H29F2N5O4. The first-order chi connectivity index (χ1) is 19.8. The van der Waals surface area contributed by atoms with Crippen molar-refractivity contribution < 1.29 is 27.6 Å². The molecule has 1 fully saturated rings. The summed E-state index contributed by atoms with van der Waals surface area (Å²) in [5, 5.41) is 4.08. The van der Waals surface area contributed by atoms with Gasteiger partial charge in [0.15, 0.2) is 11.6 Å². The van der Waals surface area contributed by atoms with E-state index in [1.54, 1.807) is 4.90 Å². The molecule has 5 heterocycles. The van der Waals surface area contributed by atoms with Crippen LogP contribution in [0.2, 0.25) is 0 Å². The Labute approximate surface area is 235 Å². The molecule has 212 valence electrons. The van der Waals surface area contributed by atoms with Gasteiger partial charge >= 0.3 is 6.09 Å². The lowest BCUT2D eigenvalue weighted by Gasteiger charge is -2.36. The maximum atomic E-state index is 14.3. The second kappa shape index (κ2) is 10.5. The Morgan fingerprint density at radius 1 is 1.15 bits per heavy atom. The smallest absolute Gasteiger partial charge is 0.409 e. The third-order valence-electron chi connectivity index (χ3n) is 7.81. The lowest BCUT2D eigenvalue weighted by Crippen LogP contribution is -2.39. The van der Waals surface area contributed by atoms with Gasteiger partial charge in [0.05, 0.1) is 36.8 Å². The van der Waals surface area contributed by atoms with Gasteiger partial charge in [0.2, 0.25) is 5.91 Å². The van der Waals surface area contributed by atoms with E-state index >= 15 is 0 Å². The number of pyridine rings is 1. The number of nitrogens with zero attached hydrogens (tertiary/aromatic N) is 5. The van der Waals surface area contributed by atoms with Crippen LogP contribution in [0, 0.1) is 25.5 Å². The predicted molar refractivity (Wildman–Crippen MR) is 147 cm³/mol. The molecule has 0 unspecified atom stereocenters. The molecule has 1 atom stereocenters. The molecule has 2 amide bonds. The number of aryl methyl sites for hydroxylation is 2. The molecule has 0 saturated carbocycles. The third kappa shape index (κ3) is 4.64. The van der Waals surface area contributed by atoms with Gasteiger partial charge in [0.1, 0.15) is 11.4 Å². The van der Waals surface area contributed by atoms with E-state index < -0.39 is 23.8 Å². The Morgan fingerprint density at radius 2 is 1.98 bits per heavy atom. The van der Waals surface area contributed by atoms with Crippen LogP contribution >= 0.6 is 0 Å². The number of aromatic nitrogens is 3. The van der Waals surface area contributed by atoms with E-state index in [1.807, 2.05) is 36.6 Å². The number of imidazole rings is 1. The summed E-state index contributed by atoms with van der Waals surface area (Å²) in [5.41, 5.74) is 5.65. The van der Waals surface area contributed by atoms with Crippen molar-refractivity contribution in [2.45, 2.75) is 45.6 Å². The summed E-state index contributed by atoms with van der Waals surface area (Å²) in [6, 6.07) is 6.85. The number of amides is 2. The van der Waals surface area contributed by atoms with Crippen LogP contribution in [-0.2, 0) is 9.53 Å². The standard InChI is InChI=1S/C30H29F2N5O4/c1-17-27(18(2)41-34-17)19-11-13-36-25(14-19)33-28(29(36)20-6-5-12-35(16-20)30(39)40-3)24-7-4-8-26(38)37(24)21-9-10-22(31)23(32)15-21/h6,9-11,13-15,24H,4-5,7-8,12,16H2,1-3H3/t24-/m0/s1. The van der Waals surface area contributed by atoms with Crippen molar-refractivity contribution in [3.8, 4) is 11.1 Å². The summed E-state index contributed by atoms with van der Waals surface area (Å²) in [4.78, 5) is 33.9. The fraction of sp³-hybridized carbons (Fsp3) is 0.333. The molecule has 0 aliphatic carbocycles. The van der Waals surface area contributed by atoms with Gasteiger partial charge in [0.25, 0.3) is 0 Å². The zero-order chi connectivity index (χ0) is 28.8. The molecule has 0 N–H and O–H groups in total. The fourth-order valence-electron chi connectivity index (χ4n) is 5.95. The molecule has 2 aliphatic rings. The number of methoxy groups -OCH3 is 1. The summed E-state index contributed by atoms with van der Waals surface area (Å²) in [6.07, 6.45) is 5.65.